The Kier molecular flexibility index (Phi) is 5.29. The third kappa shape index (κ3) is 3.87. The normalized spacial score (nSPS) is 17.9. The Labute approximate surface area is 114 Å². The molecule has 2 N–H and O–H groups in total. The number of hydrogen-bond acceptors (Lipinski definition) is 3. The van der Waals surface area contributed by atoms with E-state index in [2.05, 4.69) is 4.90 Å². The lowest BCUT2D eigenvalue weighted by molar-refractivity contribution is 0.154. The lowest BCUT2D eigenvalue weighted by Crippen LogP contribution is -2.39. The molecule has 0 amide bonds. The van der Waals surface area contributed by atoms with Crippen LogP contribution in [0.3, 0.4) is 0 Å². The Morgan fingerprint density at radius 2 is 1.89 bits per heavy atom. The molecular weight excluding hydrogens is 248 g/mol. The Bertz CT molecular complexity index is 349. The molecule has 4 heteroatoms. The van der Waals surface area contributed by atoms with Crippen molar-refractivity contribution < 1.29 is 4.74 Å². The van der Waals surface area contributed by atoms with Crippen LogP contribution in [0, 0.1) is 0 Å². The van der Waals surface area contributed by atoms with Crippen LogP contribution in [-0.4, -0.2) is 37.2 Å². The molecule has 1 fully saturated rings. The smallest absolute Gasteiger partial charge is 0.119 e. The zero-order valence-electron chi connectivity index (χ0n) is 10.6. The minimum absolute atomic E-state index is 0.438. The summed E-state index contributed by atoms with van der Waals surface area (Å²) < 4.78 is 5.83. The molecule has 0 radical (unpaired) electrons. The number of rotatable bonds is 6. The van der Waals surface area contributed by atoms with Crippen molar-refractivity contribution in [1.82, 2.24) is 4.90 Å². The molecule has 0 aromatic heterocycles. The fourth-order valence-corrected chi connectivity index (χ4v) is 2.52. The van der Waals surface area contributed by atoms with Crippen molar-refractivity contribution in [2.24, 2.45) is 5.73 Å². The molecule has 0 aliphatic carbocycles. The molecule has 1 atom stereocenters. The first-order valence-corrected chi connectivity index (χ1v) is 7.00. The van der Waals surface area contributed by atoms with Gasteiger partial charge in [-0.25, -0.2) is 0 Å². The van der Waals surface area contributed by atoms with Crippen LogP contribution in [0.25, 0.3) is 0 Å². The molecule has 1 unspecified atom stereocenters. The van der Waals surface area contributed by atoms with Crippen LogP contribution in [0.4, 0.5) is 0 Å². The summed E-state index contributed by atoms with van der Waals surface area (Å²) >= 11 is 5.85. The van der Waals surface area contributed by atoms with Gasteiger partial charge in [-0.3, -0.25) is 4.90 Å². The van der Waals surface area contributed by atoms with Gasteiger partial charge in [0, 0.05) is 11.1 Å². The minimum Gasteiger partial charge on any atom is -0.492 e. The van der Waals surface area contributed by atoms with Crippen molar-refractivity contribution >= 4 is 11.6 Å². The van der Waals surface area contributed by atoms with E-state index in [0.717, 1.165) is 17.2 Å². The van der Waals surface area contributed by atoms with E-state index in [9.17, 15) is 0 Å². The quantitative estimate of drug-likeness (QED) is 0.862. The highest BCUT2D eigenvalue weighted by Crippen LogP contribution is 2.18. The Morgan fingerprint density at radius 1 is 1.22 bits per heavy atom. The average molecular weight is 269 g/mol. The molecular formula is C14H21ClN2O. The van der Waals surface area contributed by atoms with Crippen LogP contribution in [0.15, 0.2) is 24.3 Å². The van der Waals surface area contributed by atoms with Crippen LogP contribution in [0.2, 0.25) is 5.02 Å². The fraction of sp³-hybridized carbons (Fsp3) is 0.571. The lowest BCUT2D eigenvalue weighted by Gasteiger charge is -2.27. The SMILES string of the molecule is NCCC(COc1ccc(Cl)cc1)N1CCCC1. The van der Waals surface area contributed by atoms with Crippen LogP contribution >= 0.6 is 11.6 Å². The van der Waals surface area contributed by atoms with Gasteiger partial charge in [0.25, 0.3) is 0 Å². The van der Waals surface area contributed by atoms with E-state index in [-0.39, 0.29) is 0 Å². The first-order chi connectivity index (χ1) is 8.79. The molecule has 18 heavy (non-hydrogen) atoms. The molecule has 1 aliphatic rings. The number of likely N-dealkylation sites (tertiary alicyclic amines) is 1. The third-order valence-corrected chi connectivity index (χ3v) is 3.66. The Balaban J connectivity index is 1.86. The lowest BCUT2D eigenvalue weighted by atomic mass is 10.2. The second-order valence-corrected chi connectivity index (χ2v) is 5.18. The van der Waals surface area contributed by atoms with Gasteiger partial charge in [-0.1, -0.05) is 11.6 Å². The van der Waals surface area contributed by atoms with E-state index in [1.807, 2.05) is 24.3 Å². The van der Waals surface area contributed by atoms with Crippen LogP contribution in [0.5, 0.6) is 5.75 Å². The van der Waals surface area contributed by atoms with Crippen molar-refractivity contribution in [3.05, 3.63) is 29.3 Å². The summed E-state index contributed by atoms with van der Waals surface area (Å²) in [7, 11) is 0. The summed E-state index contributed by atoms with van der Waals surface area (Å²) in [5.74, 6) is 0.876. The number of nitrogens with two attached hydrogens (primary N) is 1. The molecule has 0 bridgehead atoms. The first-order valence-electron chi connectivity index (χ1n) is 6.62. The Morgan fingerprint density at radius 3 is 2.50 bits per heavy atom. The summed E-state index contributed by atoms with van der Waals surface area (Å²) in [5.41, 5.74) is 5.69. The van der Waals surface area contributed by atoms with Gasteiger partial charge in [-0.2, -0.15) is 0 Å². The van der Waals surface area contributed by atoms with Crippen molar-refractivity contribution in [2.45, 2.75) is 25.3 Å². The summed E-state index contributed by atoms with van der Waals surface area (Å²) in [5, 5.41) is 0.736. The molecule has 1 aromatic carbocycles. The highest BCUT2D eigenvalue weighted by molar-refractivity contribution is 6.30. The number of nitrogens with zero attached hydrogens (tertiary/aromatic N) is 1. The van der Waals surface area contributed by atoms with Gasteiger partial charge in [0.15, 0.2) is 0 Å². The summed E-state index contributed by atoms with van der Waals surface area (Å²) in [4.78, 5) is 2.49. The predicted molar refractivity (Wildman–Crippen MR) is 75.2 cm³/mol. The maximum absolute atomic E-state index is 5.85. The van der Waals surface area contributed by atoms with Gasteiger partial charge >= 0.3 is 0 Å². The Hall–Kier alpha value is -0.770. The van der Waals surface area contributed by atoms with E-state index in [1.54, 1.807) is 0 Å². The van der Waals surface area contributed by atoms with Crippen LogP contribution < -0.4 is 10.5 Å². The zero-order chi connectivity index (χ0) is 12.8. The number of hydrogen-bond donors (Lipinski definition) is 1. The molecule has 1 heterocycles. The fourth-order valence-electron chi connectivity index (χ4n) is 2.39. The minimum atomic E-state index is 0.438. The highest BCUT2D eigenvalue weighted by atomic mass is 35.5. The maximum Gasteiger partial charge on any atom is 0.119 e. The van der Waals surface area contributed by atoms with Crippen molar-refractivity contribution in [1.29, 1.82) is 0 Å². The molecule has 0 saturated carbocycles. The monoisotopic (exact) mass is 268 g/mol. The van der Waals surface area contributed by atoms with Gasteiger partial charge in [0.1, 0.15) is 12.4 Å². The summed E-state index contributed by atoms with van der Waals surface area (Å²) in [6, 6.07) is 7.96. The maximum atomic E-state index is 5.85. The zero-order valence-corrected chi connectivity index (χ0v) is 11.4. The summed E-state index contributed by atoms with van der Waals surface area (Å²) in [6.07, 6.45) is 3.58. The molecule has 1 saturated heterocycles. The van der Waals surface area contributed by atoms with Crippen LogP contribution in [0.1, 0.15) is 19.3 Å². The van der Waals surface area contributed by atoms with Gasteiger partial charge < -0.3 is 10.5 Å². The van der Waals surface area contributed by atoms with E-state index in [0.29, 0.717) is 19.2 Å². The molecule has 2 rings (SSSR count). The summed E-state index contributed by atoms with van der Waals surface area (Å²) in [6.45, 7) is 3.77. The number of benzene rings is 1. The van der Waals surface area contributed by atoms with E-state index in [4.69, 9.17) is 22.1 Å². The molecule has 0 spiro atoms. The number of ether oxygens (including phenoxy) is 1. The molecule has 1 aromatic rings. The largest absolute Gasteiger partial charge is 0.492 e. The van der Waals surface area contributed by atoms with E-state index in [1.165, 1.54) is 25.9 Å². The average Bonchev–Trinajstić information content (AvgIpc) is 2.90. The third-order valence-electron chi connectivity index (χ3n) is 3.41. The number of halogens is 1. The second-order valence-electron chi connectivity index (χ2n) is 4.74. The van der Waals surface area contributed by atoms with Crippen LogP contribution in [-0.2, 0) is 0 Å². The van der Waals surface area contributed by atoms with Gasteiger partial charge in [-0.05, 0) is 63.2 Å². The van der Waals surface area contributed by atoms with E-state index >= 15 is 0 Å². The first kappa shape index (κ1) is 13.7. The second kappa shape index (κ2) is 6.98. The van der Waals surface area contributed by atoms with Crippen molar-refractivity contribution in [3.8, 4) is 5.75 Å². The molecule has 1 aliphatic heterocycles. The van der Waals surface area contributed by atoms with Crippen molar-refractivity contribution in [2.75, 3.05) is 26.2 Å². The standard InChI is InChI=1S/C14H21ClN2O/c15-12-3-5-14(6-4-12)18-11-13(7-8-16)17-9-1-2-10-17/h3-6,13H,1-2,7-11,16H2. The highest BCUT2D eigenvalue weighted by Gasteiger charge is 2.21. The van der Waals surface area contributed by atoms with Gasteiger partial charge in [0.2, 0.25) is 0 Å². The molecule has 100 valence electrons. The van der Waals surface area contributed by atoms with Gasteiger partial charge in [-0.15, -0.1) is 0 Å². The van der Waals surface area contributed by atoms with E-state index < -0.39 is 0 Å². The predicted octanol–water partition coefficient (Wildman–Crippen LogP) is 2.53. The van der Waals surface area contributed by atoms with Crippen molar-refractivity contribution in [3.63, 3.8) is 0 Å². The van der Waals surface area contributed by atoms with Gasteiger partial charge in [0.05, 0.1) is 0 Å². The topological polar surface area (TPSA) is 38.5 Å². The molecule has 3 nitrogen and oxygen atoms in total.